The Balaban J connectivity index is 1.70. The van der Waals surface area contributed by atoms with Crippen molar-refractivity contribution in [2.24, 2.45) is 0 Å². The third kappa shape index (κ3) is 3.29. The van der Waals surface area contributed by atoms with Crippen LogP contribution in [0.15, 0.2) is 48.7 Å². The molecule has 0 spiro atoms. The lowest BCUT2D eigenvalue weighted by molar-refractivity contribution is -0.383. The number of hydrogen-bond donors (Lipinski definition) is 1. The lowest BCUT2D eigenvalue weighted by atomic mass is 9.97. The number of rotatable bonds is 6. The van der Waals surface area contributed by atoms with Gasteiger partial charge in [-0.1, -0.05) is 35.9 Å². The van der Waals surface area contributed by atoms with Crippen LogP contribution in [0.1, 0.15) is 16.7 Å². The minimum atomic E-state index is -1.12. The fraction of sp³-hybridized carbons (Fsp3) is 0.304. The maximum atomic E-state index is 13.2. The quantitative estimate of drug-likeness (QED) is 0.376. The number of hydrogen-bond acceptors (Lipinski definition) is 5. The molecule has 1 amide bonds. The molecule has 1 fully saturated rings. The lowest BCUT2D eigenvalue weighted by Crippen LogP contribution is -2.55. The van der Waals surface area contributed by atoms with Crippen LogP contribution in [-0.2, 0) is 22.4 Å². The van der Waals surface area contributed by atoms with Crippen LogP contribution < -0.4 is 0 Å². The van der Waals surface area contributed by atoms with Crippen molar-refractivity contribution < 1.29 is 14.5 Å². The summed E-state index contributed by atoms with van der Waals surface area (Å²) in [7, 11) is 3.40. The minimum Gasteiger partial charge on any atom is -0.361 e. The highest BCUT2D eigenvalue weighted by Crippen LogP contribution is 2.35. The summed E-state index contributed by atoms with van der Waals surface area (Å²) < 4.78 is 0. The second-order valence-corrected chi connectivity index (χ2v) is 8.16. The van der Waals surface area contributed by atoms with Gasteiger partial charge in [-0.15, -0.1) is 0 Å². The Labute approximate surface area is 179 Å². The second kappa shape index (κ2) is 7.63. The topological polar surface area (TPSA) is 99.5 Å². The predicted octanol–water partition coefficient (Wildman–Crippen LogP) is 2.84. The van der Waals surface area contributed by atoms with Crippen molar-refractivity contribution in [1.29, 1.82) is 0 Å². The third-order valence-corrected chi connectivity index (χ3v) is 6.42. The van der Waals surface area contributed by atoms with E-state index in [-0.39, 0.29) is 18.0 Å². The first kappa shape index (κ1) is 20.7. The number of likely N-dealkylation sites (N-methyl/N-ethyl adjacent to an activating group) is 2. The Bertz CT molecular complexity index is 1170. The van der Waals surface area contributed by atoms with Crippen LogP contribution in [0.5, 0.6) is 0 Å². The molecule has 1 saturated heterocycles. The first-order valence-corrected chi connectivity index (χ1v) is 10.0. The molecular weight excluding hydrogens is 396 g/mol. The molecule has 1 unspecified atom stereocenters. The Morgan fingerprint density at radius 1 is 1.19 bits per heavy atom. The number of nitrogens with one attached hydrogen (secondary N) is 1. The van der Waals surface area contributed by atoms with Gasteiger partial charge in [-0.2, -0.15) is 0 Å². The van der Waals surface area contributed by atoms with E-state index in [1.54, 1.807) is 37.3 Å². The fourth-order valence-corrected chi connectivity index (χ4v) is 4.52. The standard InChI is InChI=1S/C23H24N4O4/c1-15-7-9-16(10-8-15)12-23(14-28)25(2)20(22(29)26(23)3)11-17-13-24-18-5-4-6-19(21(17)18)27(30)31/h4-10,13-14,20,24H,11-12H2,1-3H3/t20?,23-/m1/s1. The van der Waals surface area contributed by atoms with Gasteiger partial charge in [0.05, 0.1) is 21.9 Å². The Kier molecular flexibility index (Phi) is 5.10. The van der Waals surface area contributed by atoms with Crippen LogP contribution >= 0.6 is 0 Å². The number of amides is 1. The first-order chi connectivity index (χ1) is 14.8. The van der Waals surface area contributed by atoms with E-state index >= 15 is 0 Å². The zero-order valence-corrected chi connectivity index (χ0v) is 17.7. The highest BCUT2D eigenvalue weighted by Gasteiger charge is 2.53. The fourth-order valence-electron chi connectivity index (χ4n) is 4.52. The Morgan fingerprint density at radius 2 is 1.90 bits per heavy atom. The second-order valence-electron chi connectivity index (χ2n) is 8.16. The van der Waals surface area contributed by atoms with Crippen molar-refractivity contribution >= 4 is 28.8 Å². The van der Waals surface area contributed by atoms with E-state index in [1.165, 1.54) is 11.0 Å². The number of carbonyl (C=O) groups excluding carboxylic acids is 2. The number of nitro groups is 1. The Hall–Kier alpha value is -3.52. The van der Waals surface area contributed by atoms with Crippen LogP contribution in [0.4, 0.5) is 5.69 Å². The van der Waals surface area contributed by atoms with Gasteiger partial charge < -0.3 is 9.88 Å². The molecule has 2 heterocycles. The smallest absolute Gasteiger partial charge is 0.279 e. The van der Waals surface area contributed by atoms with Crippen LogP contribution in [0.2, 0.25) is 0 Å². The van der Waals surface area contributed by atoms with E-state index in [1.807, 2.05) is 31.2 Å². The lowest BCUT2D eigenvalue weighted by Gasteiger charge is -2.36. The highest BCUT2D eigenvalue weighted by molar-refractivity contribution is 5.94. The Morgan fingerprint density at radius 3 is 2.55 bits per heavy atom. The van der Waals surface area contributed by atoms with Crippen LogP contribution in [0.25, 0.3) is 10.9 Å². The number of aromatic nitrogens is 1. The minimum absolute atomic E-state index is 0.00323. The molecule has 1 N–H and O–H groups in total. The van der Waals surface area contributed by atoms with Crippen molar-refractivity contribution in [2.75, 3.05) is 14.1 Å². The van der Waals surface area contributed by atoms with E-state index in [0.717, 1.165) is 17.4 Å². The summed E-state index contributed by atoms with van der Waals surface area (Å²) in [6.07, 6.45) is 3.15. The molecule has 2 atom stereocenters. The molecule has 160 valence electrons. The molecule has 2 aromatic carbocycles. The summed E-state index contributed by atoms with van der Waals surface area (Å²) in [5.41, 5.74) is 2.27. The number of aromatic amines is 1. The summed E-state index contributed by atoms with van der Waals surface area (Å²) in [5, 5.41) is 12.0. The van der Waals surface area contributed by atoms with Crippen molar-refractivity contribution in [3.63, 3.8) is 0 Å². The van der Waals surface area contributed by atoms with Gasteiger partial charge >= 0.3 is 0 Å². The summed E-state index contributed by atoms with van der Waals surface area (Å²) in [6.45, 7) is 1.99. The monoisotopic (exact) mass is 420 g/mol. The molecule has 0 aliphatic carbocycles. The van der Waals surface area contributed by atoms with Gasteiger partial charge in [0, 0.05) is 25.7 Å². The largest absolute Gasteiger partial charge is 0.361 e. The van der Waals surface area contributed by atoms with E-state index < -0.39 is 16.6 Å². The molecule has 8 heteroatoms. The number of H-pyrrole nitrogens is 1. The van der Waals surface area contributed by atoms with Crippen LogP contribution in [0, 0.1) is 17.0 Å². The number of benzene rings is 2. The normalized spacial score (nSPS) is 21.7. The third-order valence-electron chi connectivity index (χ3n) is 6.42. The summed E-state index contributed by atoms with van der Waals surface area (Å²) >= 11 is 0. The predicted molar refractivity (Wildman–Crippen MR) is 117 cm³/mol. The molecule has 4 rings (SSSR count). The maximum Gasteiger partial charge on any atom is 0.279 e. The van der Waals surface area contributed by atoms with Crippen molar-refractivity contribution in [3.8, 4) is 0 Å². The zero-order valence-electron chi connectivity index (χ0n) is 17.7. The molecule has 1 aromatic heterocycles. The molecule has 3 aromatic rings. The average Bonchev–Trinajstić information content (AvgIpc) is 3.25. The number of nitro benzene ring substituents is 1. The van der Waals surface area contributed by atoms with E-state index in [2.05, 4.69) is 4.98 Å². The molecular formula is C23H24N4O4. The van der Waals surface area contributed by atoms with Crippen molar-refractivity contribution in [3.05, 3.63) is 75.5 Å². The van der Waals surface area contributed by atoms with Crippen molar-refractivity contribution in [2.45, 2.75) is 31.5 Å². The van der Waals surface area contributed by atoms with Crippen LogP contribution in [0.3, 0.4) is 0 Å². The van der Waals surface area contributed by atoms with Gasteiger partial charge in [0.2, 0.25) is 5.91 Å². The first-order valence-electron chi connectivity index (χ1n) is 10.0. The SMILES string of the molecule is Cc1ccc(C[C@]2(C=O)N(C)C(=O)C(Cc3c[nH]c4cccc([N+](=O)[O-])c34)N2C)cc1. The summed E-state index contributed by atoms with van der Waals surface area (Å²) in [5.74, 6) is -0.186. The van der Waals surface area contributed by atoms with Gasteiger partial charge in [-0.25, -0.2) is 0 Å². The van der Waals surface area contributed by atoms with E-state index in [0.29, 0.717) is 22.9 Å². The van der Waals surface area contributed by atoms with Gasteiger partial charge in [0.25, 0.3) is 5.69 Å². The number of non-ortho nitro benzene ring substituents is 1. The summed E-state index contributed by atoms with van der Waals surface area (Å²) in [6, 6.07) is 12.1. The van der Waals surface area contributed by atoms with Crippen LogP contribution in [-0.4, -0.2) is 57.7 Å². The molecule has 31 heavy (non-hydrogen) atoms. The number of aryl methyl sites for hydroxylation is 1. The number of aldehydes is 1. The number of fused-ring (bicyclic) bond motifs is 1. The molecule has 1 aliphatic heterocycles. The van der Waals surface area contributed by atoms with Gasteiger partial charge in [0.15, 0.2) is 11.9 Å². The highest BCUT2D eigenvalue weighted by atomic mass is 16.6. The number of nitrogens with zero attached hydrogens (tertiary/aromatic N) is 3. The molecule has 0 radical (unpaired) electrons. The van der Waals surface area contributed by atoms with E-state index in [4.69, 9.17) is 0 Å². The molecule has 1 aliphatic rings. The van der Waals surface area contributed by atoms with Crippen molar-refractivity contribution in [1.82, 2.24) is 14.8 Å². The maximum absolute atomic E-state index is 13.2. The summed E-state index contributed by atoms with van der Waals surface area (Å²) in [4.78, 5) is 43.0. The average molecular weight is 420 g/mol. The molecule has 0 saturated carbocycles. The number of carbonyl (C=O) groups is 2. The zero-order chi connectivity index (χ0) is 22.3. The van der Waals surface area contributed by atoms with Gasteiger partial charge in [-0.05, 0) is 37.6 Å². The van der Waals surface area contributed by atoms with Gasteiger partial charge in [0.1, 0.15) is 0 Å². The van der Waals surface area contributed by atoms with Gasteiger partial charge in [-0.3, -0.25) is 24.6 Å². The molecule has 8 nitrogen and oxygen atoms in total. The molecule has 0 bridgehead atoms. The van der Waals surface area contributed by atoms with E-state index in [9.17, 15) is 19.7 Å².